The lowest BCUT2D eigenvalue weighted by molar-refractivity contribution is -0.274. The van der Waals surface area contributed by atoms with E-state index in [4.69, 9.17) is 10.5 Å². The van der Waals surface area contributed by atoms with Crippen LogP contribution in [0.2, 0.25) is 0 Å². The van der Waals surface area contributed by atoms with Crippen LogP contribution in [-0.4, -0.2) is 6.36 Å². The van der Waals surface area contributed by atoms with Crippen LogP contribution < -0.4 is 15.2 Å². The molecule has 3 aromatic rings. The maximum atomic E-state index is 12.2. The third-order valence-corrected chi connectivity index (χ3v) is 3.67. The van der Waals surface area contributed by atoms with Crippen molar-refractivity contribution < 1.29 is 22.6 Å². The third-order valence-electron chi connectivity index (χ3n) is 3.67. The molecule has 6 heteroatoms. The summed E-state index contributed by atoms with van der Waals surface area (Å²) in [5.41, 5.74) is 7.68. The Kier molecular flexibility index (Phi) is 5.14. The van der Waals surface area contributed by atoms with Crippen LogP contribution in [0.1, 0.15) is 17.2 Å². The molecule has 0 fully saturated rings. The standard InChI is InChI=1S/C20H16F3NO2/c21-20(22,23)26-17-11-9-14(10-12-17)19(24)15-5-4-8-18(13-15)25-16-6-2-1-3-7-16/h1-13,19H,24H2/t19-/m1/s1. The minimum atomic E-state index is -4.72. The summed E-state index contributed by atoms with van der Waals surface area (Å²) in [7, 11) is 0. The predicted molar refractivity (Wildman–Crippen MR) is 92.1 cm³/mol. The average molecular weight is 359 g/mol. The number of hydrogen-bond acceptors (Lipinski definition) is 3. The van der Waals surface area contributed by atoms with Crippen molar-refractivity contribution in [3.8, 4) is 17.2 Å². The third kappa shape index (κ3) is 4.77. The summed E-state index contributed by atoms with van der Waals surface area (Å²) in [5, 5.41) is 0. The van der Waals surface area contributed by atoms with Gasteiger partial charge in [0, 0.05) is 0 Å². The molecule has 0 radical (unpaired) electrons. The van der Waals surface area contributed by atoms with Crippen molar-refractivity contribution in [3.05, 3.63) is 90.0 Å². The molecule has 0 spiro atoms. The van der Waals surface area contributed by atoms with E-state index in [2.05, 4.69) is 4.74 Å². The van der Waals surface area contributed by atoms with Crippen molar-refractivity contribution in [2.24, 2.45) is 5.73 Å². The molecule has 3 aromatic carbocycles. The summed E-state index contributed by atoms with van der Waals surface area (Å²) >= 11 is 0. The first kappa shape index (κ1) is 17.8. The second kappa shape index (κ2) is 7.49. The highest BCUT2D eigenvalue weighted by molar-refractivity contribution is 5.40. The minimum absolute atomic E-state index is 0.283. The first-order valence-electron chi connectivity index (χ1n) is 7.85. The summed E-state index contributed by atoms with van der Waals surface area (Å²) in [6.07, 6.45) is -4.72. The Balaban J connectivity index is 1.75. The summed E-state index contributed by atoms with van der Waals surface area (Å²) in [6.45, 7) is 0. The Morgan fingerprint density at radius 3 is 2.00 bits per heavy atom. The summed E-state index contributed by atoms with van der Waals surface area (Å²) in [4.78, 5) is 0. The molecule has 0 aliphatic carbocycles. The molecule has 134 valence electrons. The van der Waals surface area contributed by atoms with Gasteiger partial charge in [0.25, 0.3) is 0 Å². The maximum Gasteiger partial charge on any atom is 0.573 e. The Hall–Kier alpha value is -2.99. The Morgan fingerprint density at radius 2 is 1.35 bits per heavy atom. The highest BCUT2D eigenvalue weighted by atomic mass is 19.4. The van der Waals surface area contributed by atoms with E-state index in [1.807, 2.05) is 48.5 Å². The zero-order chi connectivity index (χ0) is 18.6. The van der Waals surface area contributed by atoms with Crippen molar-refractivity contribution in [2.45, 2.75) is 12.4 Å². The number of benzene rings is 3. The van der Waals surface area contributed by atoms with Gasteiger partial charge in [-0.25, -0.2) is 0 Å². The van der Waals surface area contributed by atoms with Crippen LogP contribution in [0.3, 0.4) is 0 Å². The van der Waals surface area contributed by atoms with E-state index in [0.29, 0.717) is 17.1 Å². The van der Waals surface area contributed by atoms with E-state index >= 15 is 0 Å². The van der Waals surface area contributed by atoms with Crippen LogP contribution in [0.4, 0.5) is 13.2 Å². The summed E-state index contributed by atoms with van der Waals surface area (Å²) < 4.78 is 46.3. The van der Waals surface area contributed by atoms with Gasteiger partial charge in [-0.2, -0.15) is 0 Å². The predicted octanol–water partition coefficient (Wildman–Crippen LogP) is 5.43. The molecule has 2 N–H and O–H groups in total. The van der Waals surface area contributed by atoms with E-state index in [1.54, 1.807) is 6.07 Å². The molecule has 0 saturated heterocycles. The molecular weight excluding hydrogens is 343 g/mol. The van der Waals surface area contributed by atoms with Gasteiger partial charge < -0.3 is 15.2 Å². The van der Waals surface area contributed by atoms with E-state index in [1.165, 1.54) is 24.3 Å². The van der Waals surface area contributed by atoms with Gasteiger partial charge in [-0.05, 0) is 47.5 Å². The molecule has 26 heavy (non-hydrogen) atoms. The van der Waals surface area contributed by atoms with Gasteiger partial charge in [-0.15, -0.1) is 13.2 Å². The van der Waals surface area contributed by atoms with Gasteiger partial charge in [-0.1, -0.05) is 42.5 Å². The van der Waals surface area contributed by atoms with Crippen molar-refractivity contribution in [3.63, 3.8) is 0 Å². The van der Waals surface area contributed by atoms with Crippen LogP contribution in [0, 0.1) is 0 Å². The molecule has 0 aromatic heterocycles. The number of nitrogens with two attached hydrogens (primary N) is 1. The number of halogens is 3. The van der Waals surface area contributed by atoms with Gasteiger partial charge in [0.05, 0.1) is 6.04 Å². The van der Waals surface area contributed by atoms with Crippen molar-refractivity contribution >= 4 is 0 Å². The zero-order valence-corrected chi connectivity index (χ0v) is 13.6. The molecule has 1 atom stereocenters. The van der Waals surface area contributed by atoms with Crippen LogP contribution in [-0.2, 0) is 0 Å². The SMILES string of the molecule is N[C@H](c1ccc(OC(F)(F)F)cc1)c1cccc(Oc2ccccc2)c1. The number of rotatable bonds is 5. The first-order chi connectivity index (χ1) is 12.4. The molecule has 0 amide bonds. The highest BCUT2D eigenvalue weighted by Gasteiger charge is 2.31. The van der Waals surface area contributed by atoms with Crippen LogP contribution in [0.15, 0.2) is 78.9 Å². The molecule has 0 saturated carbocycles. The number of ether oxygens (including phenoxy) is 2. The fourth-order valence-corrected chi connectivity index (χ4v) is 2.47. The molecule has 0 heterocycles. The topological polar surface area (TPSA) is 44.5 Å². The minimum Gasteiger partial charge on any atom is -0.457 e. The average Bonchev–Trinajstić information content (AvgIpc) is 2.61. The van der Waals surface area contributed by atoms with Crippen LogP contribution >= 0.6 is 0 Å². The smallest absolute Gasteiger partial charge is 0.457 e. The molecular formula is C20H16F3NO2. The van der Waals surface area contributed by atoms with Crippen LogP contribution in [0.25, 0.3) is 0 Å². The number of para-hydroxylation sites is 1. The molecule has 3 rings (SSSR count). The lowest BCUT2D eigenvalue weighted by Gasteiger charge is -2.15. The molecule has 3 nitrogen and oxygen atoms in total. The molecule has 0 unspecified atom stereocenters. The van der Waals surface area contributed by atoms with Crippen LogP contribution in [0.5, 0.6) is 17.2 Å². The lowest BCUT2D eigenvalue weighted by atomic mass is 9.99. The van der Waals surface area contributed by atoms with Crippen molar-refractivity contribution in [1.29, 1.82) is 0 Å². The number of alkyl halides is 3. The largest absolute Gasteiger partial charge is 0.573 e. The highest BCUT2D eigenvalue weighted by Crippen LogP contribution is 2.28. The summed E-state index contributed by atoms with van der Waals surface area (Å²) in [5.74, 6) is 1.04. The maximum absolute atomic E-state index is 12.2. The van der Waals surface area contributed by atoms with E-state index < -0.39 is 12.4 Å². The van der Waals surface area contributed by atoms with Gasteiger partial charge in [0.15, 0.2) is 0 Å². The fourth-order valence-electron chi connectivity index (χ4n) is 2.47. The van der Waals surface area contributed by atoms with Crippen molar-refractivity contribution in [1.82, 2.24) is 0 Å². The molecule has 0 aliphatic heterocycles. The van der Waals surface area contributed by atoms with E-state index in [9.17, 15) is 13.2 Å². The summed E-state index contributed by atoms with van der Waals surface area (Å²) in [6, 6.07) is 21.6. The van der Waals surface area contributed by atoms with E-state index in [0.717, 1.165) is 5.56 Å². The Morgan fingerprint density at radius 1 is 0.692 bits per heavy atom. The second-order valence-corrected chi connectivity index (χ2v) is 5.58. The fraction of sp³-hybridized carbons (Fsp3) is 0.100. The van der Waals surface area contributed by atoms with Gasteiger partial charge in [-0.3, -0.25) is 0 Å². The normalized spacial score (nSPS) is 12.5. The Labute approximate surface area is 148 Å². The van der Waals surface area contributed by atoms with Gasteiger partial charge in [0.2, 0.25) is 0 Å². The molecule has 0 aliphatic rings. The second-order valence-electron chi connectivity index (χ2n) is 5.58. The lowest BCUT2D eigenvalue weighted by Crippen LogP contribution is -2.17. The molecule has 0 bridgehead atoms. The zero-order valence-electron chi connectivity index (χ0n) is 13.6. The number of hydrogen-bond donors (Lipinski definition) is 1. The van der Waals surface area contributed by atoms with Gasteiger partial charge in [0.1, 0.15) is 17.2 Å². The van der Waals surface area contributed by atoms with Gasteiger partial charge >= 0.3 is 6.36 Å². The van der Waals surface area contributed by atoms with Crippen molar-refractivity contribution in [2.75, 3.05) is 0 Å². The monoisotopic (exact) mass is 359 g/mol. The van der Waals surface area contributed by atoms with E-state index in [-0.39, 0.29) is 5.75 Å². The Bertz CT molecular complexity index is 849. The quantitative estimate of drug-likeness (QED) is 0.661. The first-order valence-corrected chi connectivity index (χ1v) is 7.85.